The highest BCUT2D eigenvalue weighted by Crippen LogP contribution is 2.45. The van der Waals surface area contributed by atoms with Crippen molar-refractivity contribution in [2.45, 2.75) is 51.5 Å². The normalized spacial score (nSPS) is 17.5. The van der Waals surface area contributed by atoms with Crippen LogP contribution in [0.1, 0.15) is 51.5 Å². The molecule has 0 amide bonds. The van der Waals surface area contributed by atoms with E-state index in [9.17, 15) is 9.59 Å². The average molecular weight is 422 g/mol. The van der Waals surface area contributed by atoms with Crippen molar-refractivity contribution in [3.05, 3.63) is 58.7 Å². The molecule has 1 N–H and O–H groups in total. The van der Waals surface area contributed by atoms with Crippen LogP contribution in [0.15, 0.2) is 51.9 Å². The third-order valence-electron chi connectivity index (χ3n) is 6.30. The SMILES string of the molecule is CC1CC(C)(C)N(CCCC(=O)O)c2cc3oc(=O)c(-c4cc[n+](C)cc4)cc3cc21. The highest BCUT2D eigenvalue weighted by molar-refractivity contribution is 5.87. The van der Waals surface area contributed by atoms with Crippen LogP contribution < -0.4 is 15.1 Å². The second kappa shape index (κ2) is 7.84. The van der Waals surface area contributed by atoms with Crippen molar-refractivity contribution in [3.8, 4) is 11.1 Å². The molecule has 1 aliphatic heterocycles. The molecule has 6 heteroatoms. The van der Waals surface area contributed by atoms with Gasteiger partial charge in [0, 0.05) is 53.3 Å². The second-order valence-corrected chi connectivity index (χ2v) is 9.22. The van der Waals surface area contributed by atoms with Crippen molar-refractivity contribution in [3.63, 3.8) is 0 Å². The van der Waals surface area contributed by atoms with E-state index in [0.29, 0.717) is 30.0 Å². The highest BCUT2D eigenvalue weighted by Gasteiger charge is 2.36. The maximum atomic E-state index is 12.8. The van der Waals surface area contributed by atoms with Gasteiger partial charge in [0.25, 0.3) is 0 Å². The lowest BCUT2D eigenvalue weighted by Gasteiger charge is -2.47. The molecule has 3 heterocycles. The van der Waals surface area contributed by atoms with Crippen LogP contribution in [0.4, 0.5) is 5.69 Å². The Bertz CT molecular complexity index is 1190. The van der Waals surface area contributed by atoms with Gasteiger partial charge in [0.15, 0.2) is 12.4 Å². The summed E-state index contributed by atoms with van der Waals surface area (Å²) in [7, 11) is 1.93. The number of aliphatic carboxylic acids is 1. The van der Waals surface area contributed by atoms with Gasteiger partial charge in [-0.05, 0) is 50.3 Å². The van der Waals surface area contributed by atoms with Crippen molar-refractivity contribution in [1.82, 2.24) is 0 Å². The summed E-state index contributed by atoms with van der Waals surface area (Å²) in [5, 5.41) is 9.95. The molecule has 3 aromatic rings. The van der Waals surface area contributed by atoms with E-state index in [-0.39, 0.29) is 17.6 Å². The predicted octanol–water partition coefficient (Wildman–Crippen LogP) is 4.24. The number of carboxylic acid groups (broad SMARTS) is 1. The summed E-state index contributed by atoms with van der Waals surface area (Å²) in [5.41, 5.74) is 3.71. The molecule has 1 atom stereocenters. The van der Waals surface area contributed by atoms with E-state index in [4.69, 9.17) is 9.52 Å². The monoisotopic (exact) mass is 421 g/mol. The summed E-state index contributed by atoms with van der Waals surface area (Å²) in [5.74, 6) is -0.439. The van der Waals surface area contributed by atoms with Crippen LogP contribution in [0.2, 0.25) is 0 Å². The van der Waals surface area contributed by atoms with Gasteiger partial charge in [0.05, 0.1) is 5.56 Å². The number of aryl methyl sites for hydroxylation is 1. The zero-order valence-corrected chi connectivity index (χ0v) is 18.5. The Morgan fingerprint density at radius 1 is 1.26 bits per heavy atom. The Labute approximate surface area is 181 Å². The Balaban J connectivity index is 1.81. The molecule has 1 aliphatic rings. The molecule has 0 saturated heterocycles. The van der Waals surface area contributed by atoms with Gasteiger partial charge in [0.2, 0.25) is 0 Å². The summed E-state index contributed by atoms with van der Waals surface area (Å²) < 4.78 is 7.68. The third-order valence-corrected chi connectivity index (χ3v) is 6.30. The van der Waals surface area contributed by atoms with Crippen LogP contribution >= 0.6 is 0 Å². The van der Waals surface area contributed by atoms with Crippen molar-refractivity contribution < 1.29 is 18.9 Å². The lowest BCUT2D eigenvalue weighted by Crippen LogP contribution is -2.48. The van der Waals surface area contributed by atoms with Crippen LogP contribution in [0, 0.1) is 0 Å². The minimum Gasteiger partial charge on any atom is -0.481 e. The number of pyridine rings is 1. The van der Waals surface area contributed by atoms with Crippen molar-refractivity contribution in [2.75, 3.05) is 11.4 Å². The molecule has 2 aromatic heterocycles. The Morgan fingerprint density at radius 3 is 2.65 bits per heavy atom. The Kier molecular flexibility index (Phi) is 5.33. The summed E-state index contributed by atoms with van der Waals surface area (Å²) in [6.07, 6.45) is 5.49. The molecular formula is C25H29N2O4+. The topological polar surface area (TPSA) is 74.6 Å². The lowest BCUT2D eigenvalue weighted by atomic mass is 9.79. The van der Waals surface area contributed by atoms with E-state index in [1.807, 2.05) is 48.3 Å². The summed E-state index contributed by atoms with van der Waals surface area (Å²) >= 11 is 0. The van der Waals surface area contributed by atoms with Gasteiger partial charge in [-0.25, -0.2) is 9.36 Å². The number of hydrogen-bond acceptors (Lipinski definition) is 4. The first-order valence-corrected chi connectivity index (χ1v) is 10.7. The van der Waals surface area contributed by atoms with Crippen molar-refractivity contribution in [2.24, 2.45) is 7.05 Å². The number of benzene rings is 1. The zero-order valence-electron chi connectivity index (χ0n) is 18.5. The van der Waals surface area contributed by atoms with Gasteiger partial charge < -0.3 is 14.4 Å². The second-order valence-electron chi connectivity index (χ2n) is 9.22. The quantitative estimate of drug-likeness (QED) is 0.493. The van der Waals surface area contributed by atoms with Crippen LogP contribution in [0.25, 0.3) is 22.1 Å². The van der Waals surface area contributed by atoms with Gasteiger partial charge in [0.1, 0.15) is 12.6 Å². The van der Waals surface area contributed by atoms with Crippen LogP contribution in [-0.4, -0.2) is 23.2 Å². The van der Waals surface area contributed by atoms with Crippen LogP contribution in [0.3, 0.4) is 0 Å². The van der Waals surface area contributed by atoms with Gasteiger partial charge in [-0.2, -0.15) is 0 Å². The van der Waals surface area contributed by atoms with Gasteiger partial charge in [-0.1, -0.05) is 6.92 Å². The van der Waals surface area contributed by atoms with Crippen LogP contribution in [-0.2, 0) is 11.8 Å². The van der Waals surface area contributed by atoms with Gasteiger partial charge in [-0.15, -0.1) is 0 Å². The van der Waals surface area contributed by atoms with Crippen LogP contribution in [0.5, 0.6) is 0 Å². The smallest absolute Gasteiger partial charge is 0.344 e. The molecule has 0 fully saturated rings. The van der Waals surface area contributed by atoms with E-state index in [2.05, 4.69) is 31.7 Å². The van der Waals surface area contributed by atoms with E-state index >= 15 is 0 Å². The Morgan fingerprint density at radius 2 is 1.97 bits per heavy atom. The number of anilines is 1. The number of carbonyl (C=O) groups is 1. The summed E-state index contributed by atoms with van der Waals surface area (Å²) in [6.45, 7) is 7.24. The molecular weight excluding hydrogens is 392 g/mol. The van der Waals surface area contributed by atoms with Gasteiger partial charge in [-0.3, -0.25) is 4.79 Å². The number of fused-ring (bicyclic) bond motifs is 2. The fourth-order valence-corrected chi connectivity index (χ4v) is 4.79. The van der Waals surface area contributed by atoms with E-state index < -0.39 is 5.97 Å². The molecule has 162 valence electrons. The zero-order chi connectivity index (χ0) is 22.3. The van der Waals surface area contributed by atoms with Crippen molar-refractivity contribution in [1.29, 1.82) is 0 Å². The molecule has 0 bridgehead atoms. The first-order chi connectivity index (χ1) is 14.7. The molecule has 31 heavy (non-hydrogen) atoms. The maximum Gasteiger partial charge on any atom is 0.344 e. The number of aromatic nitrogens is 1. The molecule has 0 aliphatic carbocycles. The summed E-state index contributed by atoms with van der Waals surface area (Å²) in [6, 6.07) is 9.82. The summed E-state index contributed by atoms with van der Waals surface area (Å²) in [4.78, 5) is 26.0. The van der Waals surface area contributed by atoms with Crippen molar-refractivity contribution >= 4 is 22.6 Å². The largest absolute Gasteiger partial charge is 0.481 e. The van der Waals surface area contributed by atoms with Gasteiger partial charge >= 0.3 is 11.6 Å². The number of carboxylic acids is 1. The standard InChI is InChI=1S/C25H28N2O4/c1-16-15-25(2,3)27(9-5-6-23(28)29)21-14-22-18(12-19(16)21)13-20(24(30)31-22)17-7-10-26(4)11-8-17/h7-8,10-14,16H,5-6,9,15H2,1-4H3/p+1. The predicted molar refractivity (Wildman–Crippen MR) is 120 cm³/mol. The molecule has 1 aromatic carbocycles. The minimum absolute atomic E-state index is 0.113. The number of nitrogens with zero attached hydrogens (tertiary/aromatic N) is 2. The third kappa shape index (κ3) is 4.07. The average Bonchev–Trinajstić information content (AvgIpc) is 2.69. The molecule has 4 rings (SSSR count). The highest BCUT2D eigenvalue weighted by atomic mass is 16.4. The first kappa shape index (κ1) is 21.1. The van der Waals surface area contributed by atoms with E-state index in [0.717, 1.165) is 23.1 Å². The fraction of sp³-hybridized carbons (Fsp3) is 0.400. The number of rotatable bonds is 5. The molecule has 6 nitrogen and oxygen atoms in total. The van der Waals surface area contributed by atoms with E-state index in [1.165, 1.54) is 5.56 Å². The first-order valence-electron chi connectivity index (χ1n) is 10.7. The molecule has 1 unspecified atom stereocenters. The number of hydrogen-bond donors (Lipinski definition) is 1. The van der Waals surface area contributed by atoms with E-state index in [1.54, 1.807) is 0 Å². The molecule has 0 radical (unpaired) electrons. The fourth-order valence-electron chi connectivity index (χ4n) is 4.79. The molecule has 0 spiro atoms. The molecule has 0 saturated carbocycles. The maximum absolute atomic E-state index is 12.8. The lowest BCUT2D eigenvalue weighted by molar-refractivity contribution is -0.671. The minimum atomic E-state index is -0.782. The Hall–Kier alpha value is -3.15.